The maximum Gasteiger partial charge on any atom is 0.167 e. The fourth-order valence-corrected chi connectivity index (χ4v) is 11.6. The van der Waals surface area contributed by atoms with Crippen molar-refractivity contribution in [2.75, 3.05) is 0 Å². The van der Waals surface area contributed by atoms with E-state index in [2.05, 4.69) is 152 Å². The van der Waals surface area contributed by atoms with Gasteiger partial charge in [0, 0.05) is 32.7 Å². The van der Waals surface area contributed by atoms with Crippen molar-refractivity contribution in [3.8, 4) is 78.7 Å². The van der Waals surface area contributed by atoms with E-state index in [4.69, 9.17) is 23.8 Å². The van der Waals surface area contributed by atoms with Crippen LogP contribution in [0.2, 0.25) is 0 Å². The molecular formula is C64H37N3O2. The average Bonchev–Trinajstić information content (AvgIpc) is 4.16. The molecule has 2 aliphatic rings. The Bertz CT molecular complexity index is 4210. The van der Waals surface area contributed by atoms with Gasteiger partial charge in [-0.2, -0.15) is 0 Å². The van der Waals surface area contributed by atoms with Crippen LogP contribution in [0.3, 0.4) is 0 Å². The molecule has 0 atom stereocenters. The van der Waals surface area contributed by atoms with Crippen LogP contribution in [0.25, 0.3) is 123 Å². The molecule has 0 amide bonds. The number of benzene rings is 10. The van der Waals surface area contributed by atoms with E-state index in [0.717, 1.165) is 77.3 Å². The molecule has 320 valence electrons. The van der Waals surface area contributed by atoms with Crippen molar-refractivity contribution >= 4 is 43.9 Å². The quantitative estimate of drug-likeness (QED) is 0.172. The van der Waals surface area contributed by atoms with Gasteiger partial charge >= 0.3 is 0 Å². The van der Waals surface area contributed by atoms with Crippen LogP contribution >= 0.6 is 0 Å². The fourth-order valence-electron chi connectivity index (χ4n) is 11.6. The van der Waals surface area contributed by atoms with Crippen molar-refractivity contribution < 1.29 is 8.83 Å². The first-order valence-corrected chi connectivity index (χ1v) is 23.4. The second-order valence-corrected chi connectivity index (χ2v) is 18.2. The Kier molecular flexibility index (Phi) is 7.93. The molecule has 1 spiro atoms. The molecule has 0 bridgehead atoms. The predicted octanol–water partition coefficient (Wildman–Crippen LogP) is 16.3. The van der Waals surface area contributed by atoms with Gasteiger partial charge < -0.3 is 8.83 Å². The molecule has 0 unspecified atom stereocenters. The number of para-hydroxylation sites is 2. The normalized spacial score (nSPS) is 13.0. The third kappa shape index (κ3) is 5.44. The zero-order valence-corrected chi connectivity index (χ0v) is 37.0. The van der Waals surface area contributed by atoms with Gasteiger partial charge in [0.05, 0.1) is 11.0 Å². The summed E-state index contributed by atoms with van der Waals surface area (Å²) < 4.78 is 13.1. The lowest BCUT2D eigenvalue weighted by Crippen LogP contribution is -2.25. The Morgan fingerprint density at radius 2 is 0.768 bits per heavy atom. The SMILES string of the molecule is c1ccc(-c2nc(-c3cccc4c3oc3ccccc34)nc(-c3cccc4oc5ccc(-c6cccc(-c7ccc8c(c7)C7(c9ccccc9-c9ccccc97)c7ccccc7-8)c6)cc5c34)n2)cc1. The van der Waals surface area contributed by atoms with Crippen LogP contribution in [0.15, 0.2) is 233 Å². The highest BCUT2D eigenvalue weighted by atomic mass is 16.3. The average molecular weight is 880 g/mol. The van der Waals surface area contributed by atoms with E-state index in [1.54, 1.807) is 0 Å². The molecule has 15 rings (SSSR count). The monoisotopic (exact) mass is 879 g/mol. The maximum absolute atomic E-state index is 6.60. The van der Waals surface area contributed by atoms with Crippen molar-refractivity contribution in [1.29, 1.82) is 0 Å². The zero-order valence-electron chi connectivity index (χ0n) is 37.0. The predicted molar refractivity (Wildman–Crippen MR) is 278 cm³/mol. The van der Waals surface area contributed by atoms with Crippen LogP contribution in [0, 0.1) is 0 Å². The summed E-state index contributed by atoms with van der Waals surface area (Å²) in [6, 6.07) is 79.9. The van der Waals surface area contributed by atoms with Gasteiger partial charge in [-0.3, -0.25) is 0 Å². The minimum absolute atomic E-state index is 0.403. The first-order valence-electron chi connectivity index (χ1n) is 23.4. The lowest BCUT2D eigenvalue weighted by molar-refractivity contribution is 0.668. The van der Waals surface area contributed by atoms with E-state index >= 15 is 0 Å². The molecule has 0 saturated heterocycles. The summed E-state index contributed by atoms with van der Waals surface area (Å²) in [7, 11) is 0. The Balaban J connectivity index is 0.872. The van der Waals surface area contributed by atoms with Crippen molar-refractivity contribution in [2.24, 2.45) is 0 Å². The molecule has 2 aliphatic carbocycles. The topological polar surface area (TPSA) is 65.0 Å². The standard InChI is InChI=1S/C64H37N3O2/c1-2-15-38(16-3-1)61-65-62(67-63(66-61)50-25-13-23-48-47-22-7-11-29-56(47)69-60(48)50)49-24-14-30-58-59(49)51-36-41(32-34-57(51)68-58)39-17-12-18-40(35-39)42-31-33-46-45-21-6-10-28-54(45)64(55(46)37-42)52-26-8-4-19-43(52)44-20-5-9-27-53(44)64/h1-37H. The third-order valence-corrected chi connectivity index (χ3v) is 14.6. The van der Waals surface area contributed by atoms with Crippen molar-refractivity contribution in [2.45, 2.75) is 5.41 Å². The minimum Gasteiger partial charge on any atom is -0.456 e. The summed E-state index contributed by atoms with van der Waals surface area (Å²) >= 11 is 0. The summed E-state index contributed by atoms with van der Waals surface area (Å²) in [5.74, 6) is 1.67. The van der Waals surface area contributed by atoms with Gasteiger partial charge in [0.2, 0.25) is 0 Å². The molecule has 0 fully saturated rings. The third-order valence-electron chi connectivity index (χ3n) is 14.6. The van der Waals surface area contributed by atoms with Crippen molar-refractivity contribution in [1.82, 2.24) is 15.0 Å². The Labute approximate surface area is 396 Å². The summed E-state index contributed by atoms with van der Waals surface area (Å²) in [5.41, 5.74) is 20.4. The summed E-state index contributed by atoms with van der Waals surface area (Å²) in [6.07, 6.45) is 0. The van der Waals surface area contributed by atoms with E-state index in [0.29, 0.717) is 17.5 Å². The van der Waals surface area contributed by atoms with Crippen molar-refractivity contribution in [3.05, 3.63) is 247 Å². The molecule has 0 N–H and O–H groups in total. The van der Waals surface area contributed by atoms with Gasteiger partial charge in [0.25, 0.3) is 0 Å². The fraction of sp³-hybridized carbons (Fsp3) is 0.0156. The summed E-state index contributed by atoms with van der Waals surface area (Å²) in [5, 5.41) is 4.00. The molecule has 69 heavy (non-hydrogen) atoms. The highest BCUT2D eigenvalue weighted by Crippen LogP contribution is 2.63. The Morgan fingerprint density at radius 3 is 1.52 bits per heavy atom. The van der Waals surface area contributed by atoms with Gasteiger partial charge in [-0.1, -0.05) is 182 Å². The number of furan rings is 2. The first-order chi connectivity index (χ1) is 34.2. The molecule has 3 heterocycles. The molecule has 5 nitrogen and oxygen atoms in total. The van der Waals surface area contributed by atoms with Gasteiger partial charge in [-0.15, -0.1) is 0 Å². The first kappa shape index (κ1) is 38.0. The highest BCUT2D eigenvalue weighted by Gasteiger charge is 2.51. The van der Waals surface area contributed by atoms with Crippen LogP contribution in [0.1, 0.15) is 22.3 Å². The lowest BCUT2D eigenvalue weighted by atomic mass is 9.70. The summed E-state index contributed by atoms with van der Waals surface area (Å²) in [6.45, 7) is 0. The minimum atomic E-state index is -0.403. The van der Waals surface area contributed by atoms with Gasteiger partial charge in [0.15, 0.2) is 17.5 Å². The van der Waals surface area contributed by atoms with Crippen LogP contribution in [0.5, 0.6) is 0 Å². The number of nitrogens with zero attached hydrogens (tertiary/aromatic N) is 3. The molecule has 13 aromatic rings. The Morgan fingerprint density at radius 1 is 0.275 bits per heavy atom. The number of hydrogen-bond acceptors (Lipinski definition) is 5. The molecule has 0 radical (unpaired) electrons. The van der Waals surface area contributed by atoms with Crippen LogP contribution in [-0.2, 0) is 5.41 Å². The van der Waals surface area contributed by atoms with Gasteiger partial charge in [0.1, 0.15) is 22.3 Å². The Hall–Kier alpha value is -9.19. The largest absolute Gasteiger partial charge is 0.456 e. The highest BCUT2D eigenvalue weighted by molar-refractivity contribution is 6.13. The molecule has 0 aliphatic heterocycles. The van der Waals surface area contributed by atoms with Crippen molar-refractivity contribution in [3.63, 3.8) is 0 Å². The smallest absolute Gasteiger partial charge is 0.167 e. The van der Waals surface area contributed by atoms with E-state index in [9.17, 15) is 0 Å². The van der Waals surface area contributed by atoms with Crippen LogP contribution in [-0.4, -0.2) is 15.0 Å². The second kappa shape index (κ2) is 14.4. The van der Waals surface area contributed by atoms with Crippen LogP contribution < -0.4 is 0 Å². The number of rotatable bonds is 5. The molecule has 5 heteroatoms. The maximum atomic E-state index is 6.60. The lowest BCUT2D eigenvalue weighted by Gasteiger charge is -2.30. The second-order valence-electron chi connectivity index (χ2n) is 18.2. The number of hydrogen-bond donors (Lipinski definition) is 0. The molecular weight excluding hydrogens is 843 g/mol. The zero-order chi connectivity index (χ0) is 45.2. The van der Waals surface area contributed by atoms with Crippen LogP contribution in [0.4, 0.5) is 0 Å². The molecule has 0 saturated carbocycles. The van der Waals surface area contributed by atoms with Gasteiger partial charge in [-0.05, 0) is 109 Å². The van der Waals surface area contributed by atoms with E-state index in [-0.39, 0.29) is 0 Å². The molecule has 3 aromatic heterocycles. The van der Waals surface area contributed by atoms with E-state index < -0.39 is 5.41 Å². The number of aromatic nitrogens is 3. The molecule has 10 aromatic carbocycles. The number of fused-ring (bicyclic) bond motifs is 16. The van der Waals surface area contributed by atoms with Gasteiger partial charge in [-0.25, -0.2) is 15.0 Å². The van der Waals surface area contributed by atoms with E-state index in [1.807, 2.05) is 72.8 Å². The summed E-state index contributed by atoms with van der Waals surface area (Å²) in [4.78, 5) is 15.5. The van der Waals surface area contributed by atoms with E-state index in [1.165, 1.54) is 50.1 Å².